The van der Waals surface area contributed by atoms with E-state index in [2.05, 4.69) is 31.1 Å². The maximum Gasteiger partial charge on any atom is 0.0123 e. The summed E-state index contributed by atoms with van der Waals surface area (Å²) in [6.45, 7) is 7.33. The molecule has 0 unspecified atom stereocenters. The molecule has 94 valence electrons. The molecular formula is C14H28N2. The Kier molecular flexibility index (Phi) is 4.26. The Bertz CT molecular complexity index is 211. The molecule has 2 aliphatic rings. The molecule has 0 aromatic rings. The van der Waals surface area contributed by atoms with Gasteiger partial charge in [0.1, 0.15) is 0 Å². The molecule has 16 heavy (non-hydrogen) atoms. The van der Waals surface area contributed by atoms with Crippen molar-refractivity contribution in [3.63, 3.8) is 0 Å². The number of piperidine rings is 1. The van der Waals surface area contributed by atoms with Gasteiger partial charge in [0.15, 0.2) is 0 Å². The molecule has 2 fully saturated rings. The highest BCUT2D eigenvalue weighted by molar-refractivity contribution is 4.87. The van der Waals surface area contributed by atoms with Crippen molar-refractivity contribution in [1.82, 2.24) is 10.2 Å². The highest BCUT2D eigenvalue weighted by Gasteiger charge is 2.33. The lowest BCUT2D eigenvalue weighted by atomic mass is 9.77. The summed E-state index contributed by atoms with van der Waals surface area (Å²) < 4.78 is 0. The molecule has 1 aliphatic carbocycles. The van der Waals surface area contributed by atoms with Crippen molar-refractivity contribution in [2.24, 2.45) is 11.8 Å². The average Bonchev–Trinajstić information content (AvgIpc) is 2.33. The molecule has 1 heterocycles. The Hall–Kier alpha value is -0.0800. The summed E-state index contributed by atoms with van der Waals surface area (Å²) in [5.41, 5.74) is 0. The summed E-state index contributed by atoms with van der Waals surface area (Å²) >= 11 is 0. The van der Waals surface area contributed by atoms with E-state index in [0.29, 0.717) is 0 Å². The average molecular weight is 224 g/mol. The van der Waals surface area contributed by atoms with Crippen molar-refractivity contribution in [2.45, 2.75) is 58.0 Å². The summed E-state index contributed by atoms with van der Waals surface area (Å²) in [5.74, 6) is 1.80. The van der Waals surface area contributed by atoms with E-state index < -0.39 is 0 Å². The molecule has 2 nitrogen and oxygen atoms in total. The van der Waals surface area contributed by atoms with Gasteiger partial charge in [-0.15, -0.1) is 0 Å². The molecule has 0 spiro atoms. The van der Waals surface area contributed by atoms with Crippen molar-refractivity contribution < 1.29 is 0 Å². The van der Waals surface area contributed by atoms with Gasteiger partial charge in [0.05, 0.1) is 0 Å². The van der Waals surface area contributed by atoms with E-state index in [-0.39, 0.29) is 0 Å². The quantitative estimate of drug-likeness (QED) is 0.775. The molecule has 2 heteroatoms. The summed E-state index contributed by atoms with van der Waals surface area (Å²) in [6, 6.07) is 1.67. The Balaban J connectivity index is 1.93. The van der Waals surface area contributed by atoms with Gasteiger partial charge in [-0.1, -0.05) is 26.7 Å². The van der Waals surface area contributed by atoms with Crippen LogP contribution in [0.3, 0.4) is 0 Å². The van der Waals surface area contributed by atoms with Crippen LogP contribution >= 0.6 is 0 Å². The van der Waals surface area contributed by atoms with Crippen LogP contribution in [0, 0.1) is 11.8 Å². The van der Waals surface area contributed by atoms with Gasteiger partial charge < -0.3 is 10.2 Å². The number of nitrogens with zero attached hydrogens (tertiary/aromatic N) is 1. The fourth-order valence-corrected chi connectivity index (χ4v) is 3.61. The fourth-order valence-electron chi connectivity index (χ4n) is 3.61. The van der Waals surface area contributed by atoms with Gasteiger partial charge in [0.2, 0.25) is 0 Å². The first-order valence-corrected chi connectivity index (χ1v) is 7.13. The molecule has 1 N–H and O–H groups in total. The standard InChI is InChI=1S/C14H28N2/c1-11-5-4-6-14(12(11)2)16(3)13-7-9-15-10-8-13/h11-15H,4-10H2,1-3H3/t11-,12-,14+/m1/s1. The zero-order valence-corrected chi connectivity index (χ0v) is 11.2. The van der Waals surface area contributed by atoms with Crippen molar-refractivity contribution >= 4 is 0 Å². The predicted molar refractivity (Wildman–Crippen MR) is 69.6 cm³/mol. The summed E-state index contributed by atoms with van der Waals surface area (Å²) in [5, 5.41) is 3.47. The molecule has 0 radical (unpaired) electrons. The van der Waals surface area contributed by atoms with Gasteiger partial charge in [-0.05, 0) is 51.2 Å². The first-order chi connectivity index (χ1) is 7.70. The van der Waals surface area contributed by atoms with Crippen LogP contribution in [0.5, 0.6) is 0 Å². The molecule has 0 bridgehead atoms. The van der Waals surface area contributed by atoms with Crippen LogP contribution in [0.4, 0.5) is 0 Å². The number of hydrogen-bond donors (Lipinski definition) is 1. The normalized spacial score (nSPS) is 37.9. The third-order valence-corrected chi connectivity index (χ3v) is 5.07. The third kappa shape index (κ3) is 2.60. The van der Waals surface area contributed by atoms with E-state index in [0.717, 1.165) is 23.9 Å². The second kappa shape index (κ2) is 5.50. The Morgan fingerprint density at radius 1 is 1.00 bits per heavy atom. The van der Waals surface area contributed by atoms with E-state index >= 15 is 0 Å². The Morgan fingerprint density at radius 2 is 1.69 bits per heavy atom. The van der Waals surface area contributed by atoms with E-state index in [4.69, 9.17) is 0 Å². The van der Waals surface area contributed by atoms with E-state index in [1.165, 1.54) is 45.2 Å². The van der Waals surface area contributed by atoms with Crippen molar-refractivity contribution in [2.75, 3.05) is 20.1 Å². The van der Waals surface area contributed by atoms with E-state index in [1.807, 2.05) is 0 Å². The molecule has 0 aromatic carbocycles. The molecule has 1 aliphatic heterocycles. The monoisotopic (exact) mass is 224 g/mol. The highest BCUT2D eigenvalue weighted by Crippen LogP contribution is 2.33. The first kappa shape index (κ1) is 12.4. The van der Waals surface area contributed by atoms with Crippen LogP contribution in [-0.2, 0) is 0 Å². The lowest BCUT2D eigenvalue weighted by Gasteiger charge is -2.44. The zero-order chi connectivity index (χ0) is 11.5. The topological polar surface area (TPSA) is 15.3 Å². The minimum Gasteiger partial charge on any atom is -0.317 e. The maximum absolute atomic E-state index is 3.47. The van der Waals surface area contributed by atoms with Crippen molar-refractivity contribution in [3.05, 3.63) is 0 Å². The summed E-state index contributed by atoms with van der Waals surface area (Å²) in [6.07, 6.45) is 6.98. The molecule has 1 saturated heterocycles. The van der Waals surface area contributed by atoms with Crippen LogP contribution in [0.25, 0.3) is 0 Å². The lowest BCUT2D eigenvalue weighted by Crippen LogP contribution is -2.50. The lowest BCUT2D eigenvalue weighted by molar-refractivity contribution is 0.0571. The van der Waals surface area contributed by atoms with Crippen LogP contribution in [0.1, 0.15) is 46.0 Å². The Morgan fingerprint density at radius 3 is 2.38 bits per heavy atom. The third-order valence-electron chi connectivity index (χ3n) is 5.07. The summed E-state index contributed by atoms with van der Waals surface area (Å²) in [4.78, 5) is 2.71. The number of rotatable bonds is 2. The fraction of sp³-hybridized carbons (Fsp3) is 1.00. The maximum atomic E-state index is 3.47. The van der Waals surface area contributed by atoms with Gasteiger partial charge in [0, 0.05) is 12.1 Å². The second-order valence-corrected chi connectivity index (χ2v) is 5.98. The van der Waals surface area contributed by atoms with Gasteiger partial charge >= 0.3 is 0 Å². The molecular weight excluding hydrogens is 196 g/mol. The first-order valence-electron chi connectivity index (χ1n) is 7.13. The summed E-state index contributed by atoms with van der Waals surface area (Å²) in [7, 11) is 2.37. The van der Waals surface area contributed by atoms with Crippen molar-refractivity contribution in [3.8, 4) is 0 Å². The smallest absolute Gasteiger partial charge is 0.0123 e. The molecule has 3 atom stereocenters. The SMILES string of the molecule is C[C@@H]1[C@H](C)CCC[C@@H]1N(C)C1CCNCC1. The molecule has 0 amide bonds. The van der Waals surface area contributed by atoms with Gasteiger partial charge in [-0.2, -0.15) is 0 Å². The predicted octanol–water partition coefficient (Wildman–Crippen LogP) is 2.49. The van der Waals surface area contributed by atoms with Crippen LogP contribution < -0.4 is 5.32 Å². The van der Waals surface area contributed by atoms with E-state index in [9.17, 15) is 0 Å². The van der Waals surface area contributed by atoms with Gasteiger partial charge in [0.25, 0.3) is 0 Å². The second-order valence-electron chi connectivity index (χ2n) is 5.98. The highest BCUT2D eigenvalue weighted by atomic mass is 15.2. The van der Waals surface area contributed by atoms with Gasteiger partial charge in [-0.3, -0.25) is 0 Å². The minimum absolute atomic E-state index is 0.832. The molecule has 1 saturated carbocycles. The molecule has 0 aromatic heterocycles. The van der Waals surface area contributed by atoms with Crippen LogP contribution in [-0.4, -0.2) is 37.1 Å². The minimum atomic E-state index is 0.832. The van der Waals surface area contributed by atoms with E-state index in [1.54, 1.807) is 0 Å². The van der Waals surface area contributed by atoms with Crippen molar-refractivity contribution in [1.29, 1.82) is 0 Å². The number of nitrogens with one attached hydrogen (secondary N) is 1. The Labute approximate surface area is 101 Å². The number of hydrogen-bond acceptors (Lipinski definition) is 2. The zero-order valence-electron chi connectivity index (χ0n) is 11.2. The largest absolute Gasteiger partial charge is 0.317 e. The van der Waals surface area contributed by atoms with Crippen LogP contribution in [0.15, 0.2) is 0 Å². The van der Waals surface area contributed by atoms with Crippen LogP contribution in [0.2, 0.25) is 0 Å². The van der Waals surface area contributed by atoms with Gasteiger partial charge in [-0.25, -0.2) is 0 Å². The molecule has 2 rings (SSSR count).